The zero-order valence-electron chi connectivity index (χ0n) is 16.4. The number of hydrogen-bond acceptors (Lipinski definition) is 6. The van der Waals surface area contributed by atoms with Crippen molar-refractivity contribution < 1.29 is 14.3 Å². The normalized spacial score (nSPS) is 13.0. The number of nitrogens with one attached hydrogen (secondary N) is 2. The number of carbonyl (C=O) groups excluding carboxylic acids is 2. The van der Waals surface area contributed by atoms with Gasteiger partial charge in [0.25, 0.3) is 0 Å². The Bertz CT molecular complexity index is 1050. The van der Waals surface area contributed by atoms with Crippen LogP contribution in [0.25, 0.3) is 11.3 Å². The number of methoxy groups -OCH3 is 1. The Morgan fingerprint density at radius 3 is 2.70 bits per heavy atom. The Morgan fingerprint density at radius 2 is 1.97 bits per heavy atom. The molecule has 0 bridgehead atoms. The highest BCUT2D eigenvalue weighted by atomic mass is 32.2. The highest BCUT2D eigenvalue weighted by Crippen LogP contribution is 2.31. The molecule has 6 nitrogen and oxygen atoms in total. The fraction of sp³-hybridized carbons (Fsp3) is 0.227. The summed E-state index contributed by atoms with van der Waals surface area (Å²) in [6.07, 6.45) is 1.96. The summed E-state index contributed by atoms with van der Waals surface area (Å²) < 4.78 is 5.24. The predicted molar refractivity (Wildman–Crippen MR) is 121 cm³/mol. The molecule has 0 aliphatic heterocycles. The third-order valence-electron chi connectivity index (χ3n) is 4.56. The van der Waals surface area contributed by atoms with E-state index in [0.717, 1.165) is 40.4 Å². The van der Waals surface area contributed by atoms with E-state index in [2.05, 4.69) is 15.6 Å². The van der Waals surface area contributed by atoms with Gasteiger partial charge in [0.2, 0.25) is 11.8 Å². The van der Waals surface area contributed by atoms with E-state index in [1.165, 1.54) is 23.1 Å². The maximum atomic E-state index is 12.3. The lowest BCUT2D eigenvalue weighted by Crippen LogP contribution is -2.14. The molecule has 1 aromatic heterocycles. The van der Waals surface area contributed by atoms with Gasteiger partial charge in [-0.1, -0.05) is 12.1 Å². The number of carbonyl (C=O) groups is 2. The lowest BCUT2D eigenvalue weighted by Gasteiger charge is -2.06. The molecule has 0 atom stereocenters. The number of thiazole rings is 1. The van der Waals surface area contributed by atoms with Crippen LogP contribution >= 0.6 is 23.1 Å². The summed E-state index contributed by atoms with van der Waals surface area (Å²) in [6.45, 7) is 0. The molecule has 0 saturated heterocycles. The van der Waals surface area contributed by atoms with Gasteiger partial charge in [0.05, 0.1) is 18.6 Å². The lowest BCUT2D eigenvalue weighted by atomic mass is 10.2. The van der Waals surface area contributed by atoms with Gasteiger partial charge in [0, 0.05) is 27.4 Å². The summed E-state index contributed by atoms with van der Waals surface area (Å²) >= 11 is 2.83. The molecule has 2 N–H and O–H groups in total. The van der Waals surface area contributed by atoms with Gasteiger partial charge in [-0.15, -0.1) is 23.1 Å². The van der Waals surface area contributed by atoms with Gasteiger partial charge in [0.1, 0.15) is 5.75 Å². The SMILES string of the molecule is COc1cccc(-c2csc(NC(=O)CSc3ccc(NC(=O)C4CC4)cc3)n2)c1. The minimum Gasteiger partial charge on any atom is -0.497 e. The van der Waals surface area contributed by atoms with E-state index in [9.17, 15) is 9.59 Å². The highest BCUT2D eigenvalue weighted by molar-refractivity contribution is 8.00. The third kappa shape index (κ3) is 5.40. The van der Waals surface area contributed by atoms with Gasteiger partial charge in [-0.05, 0) is 49.2 Å². The zero-order valence-corrected chi connectivity index (χ0v) is 18.0. The average Bonchev–Trinajstić information content (AvgIpc) is 3.53. The number of thioether (sulfide) groups is 1. The number of anilines is 2. The molecule has 2 amide bonds. The van der Waals surface area contributed by atoms with E-state index in [1.807, 2.05) is 53.9 Å². The summed E-state index contributed by atoms with van der Waals surface area (Å²) in [7, 11) is 1.63. The third-order valence-corrected chi connectivity index (χ3v) is 6.33. The van der Waals surface area contributed by atoms with Crippen molar-refractivity contribution in [2.75, 3.05) is 23.5 Å². The van der Waals surface area contributed by atoms with E-state index in [0.29, 0.717) is 5.13 Å². The van der Waals surface area contributed by atoms with Crippen molar-refractivity contribution in [3.63, 3.8) is 0 Å². The summed E-state index contributed by atoms with van der Waals surface area (Å²) in [6, 6.07) is 15.2. The van der Waals surface area contributed by atoms with Crippen LogP contribution in [0, 0.1) is 5.92 Å². The van der Waals surface area contributed by atoms with E-state index < -0.39 is 0 Å². The number of nitrogens with zero attached hydrogens (tertiary/aromatic N) is 1. The van der Waals surface area contributed by atoms with Gasteiger partial charge < -0.3 is 15.4 Å². The van der Waals surface area contributed by atoms with Crippen molar-refractivity contribution in [2.45, 2.75) is 17.7 Å². The smallest absolute Gasteiger partial charge is 0.236 e. The molecule has 1 aliphatic carbocycles. The second-order valence-corrected chi connectivity index (χ2v) is 8.80. The van der Waals surface area contributed by atoms with Crippen LogP contribution in [-0.2, 0) is 9.59 Å². The first-order valence-corrected chi connectivity index (χ1v) is 11.4. The Hall–Kier alpha value is -2.84. The van der Waals surface area contributed by atoms with Crippen LogP contribution in [0.4, 0.5) is 10.8 Å². The molecular weight excluding hydrogens is 418 g/mol. The topological polar surface area (TPSA) is 80.3 Å². The molecule has 8 heteroatoms. The molecule has 30 heavy (non-hydrogen) atoms. The van der Waals surface area contributed by atoms with Crippen molar-refractivity contribution in [2.24, 2.45) is 5.92 Å². The summed E-state index contributed by atoms with van der Waals surface area (Å²) in [4.78, 5) is 29.5. The quantitative estimate of drug-likeness (QED) is 0.488. The molecule has 4 rings (SSSR count). The second kappa shape index (κ2) is 9.32. The number of ether oxygens (including phenoxy) is 1. The van der Waals surface area contributed by atoms with Crippen LogP contribution in [0.15, 0.2) is 58.8 Å². The molecule has 1 heterocycles. The summed E-state index contributed by atoms with van der Waals surface area (Å²) in [5, 5.41) is 8.23. The van der Waals surface area contributed by atoms with Gasteiger partial charge in [0.15, 0.2) is 5.13 Å². The summed E-state index contributed by atoms with van der Waals surface area (Å²) in [5.74, 6) is 1.20. The summed E-state index contributed by atoms with van der Waals surface area (Å²) in [5.41, 5.74) is 2.52. The van der Waals surface area contributed by atoms with Crippen molar-refractivity contribution in [1.29, 1.82) is 0 Å². The van der Waals surface area contributed by atoms with Gasteiger partial charge in [-0.3, -0.25) is 9.59 Å². The number of rotatable bonds is 8. The van der Waals surface area contributed by atoms with Crippen molar-refractivity contribution >= 4 is 45.7 Å². The first-order valence-electron chi connectivity index (χ1n) is 9.54. The standard InChI is InChI=1S/C22H21N3O3S2/c1-28-17-4-2-3-15(11-17)19-12-30-22(24-19)25-20(26)13-29-18-9-7-16(8-10-18)23-21(27)14-5-6-14/h2-4,7-12,14H,5-6,13H2,1H3,(H,23,27)(H,24,25,26). The Kier molecular flexibility index (Phi) is 6.35. The Labute approximate surface area is 183 Å². The molecular formula is C22H21N3O3S2. The Balaban J connectivity index is 1.27. The van der Waals surface area contributed by atoms with Crippen LogP contribution < -0.4 is 15.4 Å². The lowest BCUT2D eigenvalue weighted by molar-refractivity contribution is -0.117. The maximum absolute atomic E-state index is 12.3. The fourth-order valence-corrected chi connectivity index (χ4v) is 4.21. The van der Waals surface area contributed by atoms with Gasteiger partial charge in [-0.25, -0.2) is 4.98 Å². The fourth-order valence-electron chi connectivity index (χ4n) is 2.77. The molecule has 1 fully saturated rings. The van der Waals surface area contributed by atoms with Crippen molar-refractivity contribution in [3.8, 4) is 17.0 Å². The first kappa shape index (κ1) is 20.4. The van der Waals surface area contributed by atoms with Crippen LogP contribution in [0.5, 0.6) is 5.75 Å². The molecule has 0 spiro atoms. The highest BCUT2D eigenvalue weighted by Gasteiger charge is 2.29. The number of benzene rings is 2. The predicted octanol–water partition coefficient (Wildman–Crippen LogP) is 4.90. The molecule has 1 saturated carbocycles. The molecule has 3 aromatic rings. The van der Waals surface area contributed by atoms with Crippen LogP contribution in [0.1, 0.15) is 12.8 Å². The van der Waals surface area contributed by atoms with E-state index >= 15 is 0 Å². The van der Waals surface area contributed by atoms with Gasteiger partial charge in [-0.2, -0.15) is 0 Å². The van der Waals surface area contributed by atoms with Crippen LogP contribution in [0.2, 0.25) is 0 Å². The maximum Gasteiger partial charge on any atom is 0.236 e. The molecule has 1 aliphatic rings. The van der Waals surface area contributed by atoms with Crippen molar-refractivity contribution in [3.05, 3.63) is 53.9 Å². The Morgan fingerprint density at radius 1 is 1.17 bits per heavy atom. The van der Waals surface area contributed by atoms with E-state index in [1.54, 1.807) is 7.11 Å². The van der Waals surface area contributed by atoms with Crippen LogP contribution in [-0.4, -0.2) is 29.7 Å². The average molecular weight is 440 g/mol. The van der Waals surface area contributed by atoms with E-state index in [4.69, 9.17) is 4.74 Å². The molecule has 0 radical (unpaired) electrons. The molecule has 0 unspecified atom stereocenters. The number of aromatic nitrogens is 1. The molecule has 2 aromatic carbocycles. The van der Waals surface area contributed by atoms with E-state index in [-0.39, 0.29) is 23.5 Å². The zero-order chi connectivity index (χ0) is 20.9. The minimum atomic E-state index is -0.113. The first-order chi connectivity index (χ1) is 14.6. The van der Waals surface area contributed by atoms with Crippen molar-refractivity contribution in [1.82, 2.24) is 4.98 Å². The molecule has 154 valence electrons. The number of hydrogen-bond donors (Lipinski definition) is 2. The second-order valence-electron chi connectivity index (χ2n) is 6.89. The minimum absolute atomic E-state index is 0.0894. The van der Waals surface area contributed by atoms with Gasteiger partial charge >= 0.3 is 0 Å². The number of amides is 2. The monoisotopic (exact) mass is 439 g/mol. The van der Waals surface area contributed by atoms with Crippen LogP contribution in [0.3, 0.4) is 0 Å². The largest absolute Gasteiger partial charge is 0.497 e.